The van der Waals surface area contributed by atoms with E-state index in [9.17, 15) is 8.42 Å². The van der Waals surface area contributed by atoms with E-state index >= 15 is 0 Å². The Labute approximate surface area is 151 Å². The van der Waals surface area contributed by atoms with Gasteiger partial charge in [-0.2, -0.15) is 0 Å². The highest BCUT2D eigenvalue weighted by atomic mass is 32.2. The maximum atomic E-state index is 12.6. The average Bonchev–Trinajstić information content (AvgIpc) is 2.53. The zero-order chi connectivity index (χ0) is 18.8. The number of aryl methyl sites for hydroxylation is 2. The summed E-state index contributed by atoms with van der Waals surface area (Å²) in [7, 11) is -1.91. The molecule has 2 rings (SSSR count). The van der Waals surface area contributed by atoms with Crippen LogP contribution in [0.5, 0.6) is 5.75 Å². The Balaban J connectivity index is 2.35. The third kappa shape index (κ3) is 4.41. The molecule has 0 saturated carbocycles. The summed E-state index contributed by atoms with van der Waals surface area (Å²) in [6, 6.07) is 10.5. The Bertz CT molecular complexity index is 840. The van der Waals surface area contributed by atoms with Crippen molar-refractivity contribution in [2.75, 3.05) is 7.11 Å². The molecule has 0 heterocycles. The molecule has 25 heavy (non-hydrogen) atoms. The summed E-state index contributed by atoms with van der Waals surface area (Å²) in [5, 5.41) is 0. The molecule has 2 aromatic carbocycles. The Morgan fingerprint density at radius 2 is 1.56 bits per heavy atom. The molecule has 1 N–H and O–H groups in total. The number of ether oxygens (including phenoxy) is 1. The molecule has 0 spiro atoms. The molecule has 4 nitrogen and oxygen atoms in total. The van der Waals surface area contributed by atoms with Crippen molar-refractivity contribution in [2.24, 2.45) is 0 Å². The summed E-state index contributed by atoms with van der Waals surface area (Å²) in [5.74, 6) is 1.13. The topological polar surface area (TPSA) is 55.4 Å². The number of sulfonamides is 1. The average molecular weight is 362 g/mol. The highest BCUT2D eigenvalue weighted by Gasteiger charge is 2.21. The van der Waals surface area contributed by atoms with Crippen LogP contribution in [0.2, 0.25) is 0 Å². The monoisotopic (exact) mass is 361 g/mol. The quantitative estimate of drug-likeness (QED) is 0.825. The fourth-order valence-corrected chi connectivity index (χ4v) is 4.11. The summed E-state index contributed by atoms with van der Waals surface area (Å²) in [6.07, 6.45) is 0. The van der Waals surface area contributed by atoms with Gasteiger partial charge >= 0.3 is 0 Å². The van der Waals surface area contributed by atoms with Crippen LogP contribution in [-0.4, -0.2) is 15.5 Å². The summed E-state index contributed by atoms with van der Waals surface area (Å²) >= 11 is 0. The second-order valence-electron chi connectivity index (χ2n) is 6.76. The Morgan fingerprint density at radius 1 is 0.960 bits per heavy atom. The highest BCUT2D eigenvalue weighted by molar-refractivity contribution is 7.89. The molecule has 0 aliphatic carbocycles. The number of nitrogens with one attached hydrogen (secondary N) is 1. The third-order valence-electron chi connectivity index (χ3n) is 4.37. The first-order chi connectivity index (χ1) is 11.7. The van der Waals surface area contributed by atoms with Gasteiger partial charge < -0.3 is 4.74 Å². The van der Waals surface area contributed by atoms with Crippen molar-refractivity contribution in [3.05, 3.63) is 58.7 Å². The van der Waals surface area contributed by atoms with Gasteiger partial charge in [0, 0.05) is 6.04 Å². The maximum absolute atomic E-state index is 12.6. The molecule has 0 radical (unpaired) electrons. The molecule has 136 valence electrons. The lowest BCUT2D eigenvalue weighted by atomic mass is 9.94. The number of hydrogen-bond acceptors (Lipinski definition) is 3. The van der Waals surface area contributed by atoms with E-state index in [-0.39, 0.29) is 16.9 Å². The van der Waals surface area contributed by atoms with E-state index in [1.54, 1.807) is 31.4 Å². The molecule has 0 unspecified atom stereocenters. The van der Waals surface area contributed by atoms with Crippen LogP contribution in [0.25, 0.3) is 0 Å². The van der Waals surface area contributed by atoms with Crippen LogP contribution in [0.4, 0.5) is 0 Å². The van der Waals surface area contributed by atoms with Gasteiger partial charge in [0.25, 0.3) is 0 Å². The minimum Gasteiger partial charge on any atom is -0.496 e. The van der Waals surface area contributed by atoms with E-state index in [2.05, 4.69) is 18.6 Å². The van der Waals surface area contributed by atoms with Crippen LogP contribution in [0.15, 0.2) is 41.3 Å². The van der Waals surface area contributed by atoms with Crippen molar-refractivity contribution < 1.29 is 13.2 Å². The van der Waals surface area contributed by atoms with Gasteiger partial charge in [-0.25, -0.2) is 13.1 Å². The maximum Gasteiger partial charge on any atom is 0.241 e. The predicted molar refractivity (Wildman–Crippen MR) is 102 cm³/mol. The zero-order valence-corrected chi connectivity index (χ0v) is 16.6. The summed E-state index contributed by atoms with van der Waals surface area (Å²) < 4.78 is 33.5. The molecular weight excluding hydrogens is 334 g/mol. The predicted octanol–water partition coefficient (Wildman–Crippen LogP) is 4.47. The van der Waals surface area contributed by atoms with E-state index in [1.165, 1.54) is 0 Å². The third-order valence-corrected chi connectivity index (χ3v) is 5.93. The minimum atomic E-state index is -3.57. The van der Waals surface area contributed by atoms with Crippen molar-refractivity contribution in [1.82, 2.24) is 4.72 Å². The van der Waals surface area contributed by atoms with Crippen LogP contribution in [-0.2, 0) is 10.0 Å². The Hall–Kier alpha value is -1.85. The summed E-state index contributed by atoms with van der Waals surface area (Å²) in [5.41, 5.74) is 4.06. The lowest BCUT2D eigenvalue weighted by molar-refractivity contribution is 0.406. The van der Waals surface area contributed by atoms with Gasteiger partial charge in [-0.3, -0.25) is 0 Å². The van der Waals surface area contributed by atoms with Crippen molar-refractivity contribution in [2.45, 2.75) is 51.5 Å². The second kappa shape index (κ2) is 7.58. The molecule has 5 heteroatoms. The molecular formula is C20H27NO3S. The van der Waals surface area contributed by atoms with Gasteiger partial charge in [0.05, 0.1) is 12.0 Å². The van der Waals surface area contributed by atoms with Crippen LogP contribution in [0, 0.1) is 13.8 Å². The first-order valence-electron chi connectivity index (χ1n) is 8.43. The lowest BCUT2D eigenvalue weighted by Crippen LogP contribution is -2.27. The van der Waals surface area contributed by atoms with Gasteiger partial charge in [0.1, 0.15) is 5.75 Å². The van der Waals surface area contributed by atoms with Crippen molar-refractivity contribution in [3.8, 4) is 5.75 Å². The van der Waals surface area contributed by atoms with E-state index in [1.807, 2.05) is 32.9 Å². The molecule has 2 aromatic rings. The van der Waals surface area contributed by atoms with Gasteiger partial charge in [0.2, 0.25) is 10.0 Å². The van der Waals surface area contributed by atoms with Crippen LogP contribution >= 0.6 is 0 Å². The van der Waals surface area contributed by atoms with E-state index < -0.39 is 10.0 Å². The van der Waals surface area contributed by atoms with E-state index in [4.69, 9.17) is 4.74 Å². The SMILES string of the molecule is COc1cc(C)c([C@@H](C)NS(=O)(=O)c2ccc(C)cc2)cc1C(C)C. The number of benzene rings is 2. The summed E-state index contributed by atoms with van der Waals surface area (Å²) in [6.45, 7) is 9.96. The number of methoxy groups -OCH3 is 1. The molecule has 0 amide bonds. The fourth-order valence-electron chi connectivity index (χ4n) is 2.89. The molecule has 0 aromatic heterocycles. The normalized spacial score (nSPS) is 13.1. The minimum absolute atomic E-state index is 0.278. The first kappa shape index (κ1) is 19.5. The van der Waals surface area contributed by atoms with Crippen molar-refractivity contribution in [1.29, 1.82) is 0 Å². The molecule has 0 fully saturated rings. The highest BCUT2D eigenvalue weighted by Crippen LogP contribution is 2.32. The lowest BCUT2D eigenvalue weighted by Gasteiger charge is -2.21. The van der Waals surface area contributed by atoms with Crippen LogP contribution < -0.4 is 9.46 Å². The molecule has 0 aliphatic heterocycles. The smallest absolute Gasteiger partial charge is 0.241 e. The number of rotatable bonds is 6. The van der Waals surface area contributed by atoms with Gasteiger partial charge in [-0.15, -0.1) is 0 Å². The van der Waals surface area contributed by atoms with Gasteiger partial charge in [0.15, 0.2) is 0 Å². The van der Waals surface area contributed by atoms with E-state index in [0.717, 1.165) is 28.0 Å². The van der Waals surface area contributed by atoms with Crippen LogP contribution in [0.1, 0.15) is 55.0 Å². The van der Waals surface area contributed by atoms with Gasteiger partial charge in [-0.1, -0.05) is 31.5 Å². The summed E-state index contributed by atoms with van der Waals surface area (Å²) in [4.78, 5) is 0.278. The van der Waals surface area contributed by atoms with E-state index in [0.29, 0.717) is 0 Å². The molecule has 0 saturated heterocycles. The fraction of sp³-hybridized carbons (Fsp3) is 0.400. The van der Waals surface area contributed by atoms with Crippen molar-refractivity contribution in [3.63, 3.8) is 0 Å². The zero-order valence-electron chi connectivity index (χ0n) is 15.8. The molecule has 0 aliphatic rings. The number of hydrogen-bond donors (Lipinski definition) is 1. The molecule has 0 bridgehead atoms. The Kier molecular flexibility index (Phi) is 5.91. The first-order valence-corrected chi connectivity index (χ1v) is 9.91. The standard InChI is InChI=1S/C20H27NO3S/c1-13(2)18-12-19(15(4)11-20(18)24-6)16(5)21-25(22,23)17-9-7-14(3)8-10-17/h7-13,16,21H,1-6H3/t16-/m1/s1. The van der Waals surface area contributed by atoms with Crippen LogP contribution in [0.3, 0.4) is 0 Å². The second-order valence-corrected chi connectivity index (χ2v) is 8.48. The molecule has 1 atom stereocenters. The van der Waals surface area contributed by atoms with Crippen molar-refractivity contribution >= 4 is 10.0 Å². The largest absolute Gasteiger partial charge is 0.496 e. The van der Waals surface area contributed by atoms with Gasteiger partial charge in [-0.05, 0) is 67.6 Å². The Morgan fingerprint density at radius 3 is 2.08 bits per heavy atom.